The van der Waals surface area contributed by atoms with Gasteiger partial charge in [-0.15, -0.1) is 0 Å². The maximum Gasteiger partial charge on any atom is 0.318 e. The van der Waals surface area contributed by atoms with E-state index in [1.165, 1.54) is 0 Å². The van der Waals surface area contributed by atoms with Crippen molar-refractivity contribution in [3.8, 4) is 5.75 Å². The molecular formula is C20H26N2O4S. The van der Waals surface area contributed by atoms with E-state index in [9.17, 15) is 13.2 Å². The number of carbonyl (C=O) groups excluding carboxylic acids is 1. The molecule has 2 rings (SSSR count). The summed E-state index contributed by atoms with van der Waals surface area (Å²) in [5.41, 5.74) is 1.55. The Labute approximate surface area is 161 Å². The molecule has 0 spiro atoms. The first-order chi connectivity index (χ1) is 12.5. The minimum atomic E-state index is -3.56. The van der Waals surface area contributed by atoms with Crippen molar-refractivity contribution in [2.24, 2.45) is 0 Å². The number of urea groups is 1. The molecule has 146 valence electrons. The summed E-state index contributed by atoms with van der Waals surface area (Å²) in [4.78, 5) is 14.4. The monoisotopic (exact) mass is 390 g/mol. The molecule has 0 aromatic heterocycles. The average molecular weight is 391 g/mol. The van der Waals surface area contributed by atoms with Crippen molar-refractivity contribution < 1.29 is 17.4 Å². The van der Waals surface area contributed by atoms with E-state index < -0.39 is 10.1 Å². The predicted molar refractivity (Wildman–Crippen MR) is 106 cm³/mol. The van der Waals surface area contributed by atoms with Gasteiger partial charge in [-0.3, -0.25) is 0 Å². The van der Waals surface area contributed by atoms with Gasteiger partial charge in [-0.25, -0.2) is 4.79 Å². The van der Waals surface area contributed by atoms with Gasteiger partial charge in [0.1, 0.15) is 5.75 Å². The van der Waals surface area contributed by atoms with Gasteiger partial charge in [-0.05, 0) is 44.0 Å². The van der Waals surface area contributed by atoms with E-state index in [2.05, 4.69) is 5.32 Å². The number of hydrogen-bond acceptors (Lipinski definition) is 4. The summed E-state index contributed by atoms with van der Waals surface area (Å²) in [7, 11) is -3.56. The smallest absolute Gasteiger partial charge is 0.318 e. The van der Waals surface area contributed by atoms with Crippen LogP contribution in [0.3, 0.4) is 0 Å². The zero-order valence-corrected chi connectivity index (χ0v) is 16.9. The molecule has 0 aliphatic carbocycles. The first-order valence-electron chi connectivity index (χ1n) is 8.61. The van der Waals surface area contributed by atoms with Gasteiger partial charge in [0.25, 0.3) is 0 Å². The Balaban J connectivity index is 2.16. The van der Waals surface area contributed by atoms with E-state index in [1.54, 1.807) is 29.2 Å². The lowest BCUT2D eigenvalue weighted by atomic mass is 10.1. The molecule has 0 fully saturated rings. The molecule has 0 unspecified atom stereocenters. The van der Waals surface area contributed by atoms with Crippen molar-refractivity contribution >= 4 is 16.1 Å². The van der Waals surface area contributed by atoms with Crippen LogP contribution in [0.1, 0.15) is 31.9 Å². The summed E-state index contributed by atoms with van der Waals surface area (Å²) < 4.78 is 27.3. The maximum atomic E-state index is 12.7. The Morgan fingerprint density at radius 3 is 1.96 bits per heavy atom. The van der Waals surface area contributed by atoms with E-state index in [1.807, 2.05) is 51.1 Å². The van der Waals surface area contributed by atoms with Gasteiger partial charge in [0.15, 0.2) is 0 Å². The number of benzene rings is 2. The second-order valence-corrected chi connectivity index (χ2v) is 9.03. The van der Waals surface area contributed by atoms with Gasteiger partial charge >= 0.3 is 16.1 Å². The predicted octanol–water partition coefficient (Wildman–Crippen LogP) is 3.54. The molecule has 0 bridgehead atoms. The van der Waals surface area contributed by atoms with E-state index in [-0.39, 0.29) is 17.3 Å². The fourth-order valence-corrected chi connectivity index (χ4v) is 2.91. The number of hydrogen-bond donors (Lipinski definition) is 1. The fraction of sp³-hybridized carbons (Fsp3) is 0.350. The Morgan fingerprint density at radius 1 is 0.963 bits per heavy atom. The van der Waals surface area contributed by atoms with Gasteiger partial charge in [0.05, 0.1) is 6.26 Å². The van der Waals surface area contributed by atoms with Crippen molar-refractivity contribution in [2.45, 2.75) is 39.4 Å². The van der Waals surface area contributed by atoms with Crippen molar-refractivity contribution in [3.63, 3.8) is 0 Å². The van der Waals surface area contributed by atoms with E-state index in [0.29, 0.717) is 13.1 Å². The normalized spacial score (nSPS) is 11.7. The second kappa shape index (κ2) is 8.43. The molecule has 7 heteroatoms. The molecule has 0 aliphatic rings. The van der Waals surface area contributed by atoms with Crippen molar-refractivity contribution in [3.05, 3.63) is 65.7 Å². The first kappa shape index (κ1) is 20.8. The van der Waals surface area contributed by atoms with Crippen LogP contribution >= 0.6 is 0 Å². The number of carbonyl (C=O) groups is 1. The van der Waals surface area contributed by atoms with Crippen LogP contribution in [0.25, 0.3) is 0 Å². The zero-order chi connectivity index (χ0) is 20.1. The van der Waals surface area contributed by atoms with Crippen LogP contribution < -0.4 is 9.50 Å². The minimum Gasteiger partial charge on any atom is -0.383 e. The van der Waals surface area contributed by atoms with E-state index >= 15 is 0 Å². The Kier molecular flexibility index (Phi) is 6.49. The standard InChI is InChI=1S/C20H26N2O4S/c1-20(2,3)21-19(23)22(14-16-8-6-5-7-9-16)15-17-10-12-18(13-11-17)26-27(4,24)25/h5-13H,14-15H2,1-4H3,(H,21,23). The molecular weight excluding hydrogens is 364 g/mol. The molecule has 2 amide bonds. The molecule has 0 heterocycles. The third kappa shape index (κ3) is 7.70. The lowest BCUT2D eigenvalue weighted by molar-refractivity contribution is 0.183. The van der Waals surface area contributed by atoms with Crippen LogP contribution in [0, 0.1) is 0 Å². The van der Waals surface area contributed by atoms with Crippen LogP contribution in [-0.2, 0) is 23.2 Å². The molecule has 0 saturated heterocycles. The summed E-state index contributed by atoms with van der Waals surface area (Å²) in [6.45, 7) is 6.65. The quantitative estimate of drug-likeness (QED) is 0.766. The number of nitrogens with one attached hydrogen (secondary N) is 1. The largest absolute Gasteiger partial charge is 0.383 e. The summed E-state index contributed by atoms with van der Waals surface area (Å²) in [5, 5.41) is 2.99. The van der Waals surface area contributed by atoms with Gasteiger partial charge in [-0.2, -0.15) is 8.42 Å². The fourth-order valence-electron chi connectivity index (χ4n) is 2.45. The maximum absolute atomic E-state index is 12.7. The number of nitrogens with zero attached hydrogens (tertiary/aromatic N) is 1. The molecule has 0 atom stereocenters. The lowest BCUT2D eigenvalue weighted by Gasteiger charge is -2.28. The Hall–Kier alpha value is -2.54. The van der Waals surface area contributed by atoms with Gasteiger partial charge in [0, 0.05) is 18.6 Å². The summed E-state index contributed by atoms with van der Waals surface area (Å²) in [6.07, 6.45) is 0.999. The van der Waals surface area contributed by atoms with Crippen LogP contribution in [0.15, 0.2) is 54.6 Å². The highest BCUT2D eigenvalue weighted by Gasteiger charge is 2.20. The highest BCUT2D eigenvalue weighted by Crippen LogP contribution is 2.17. The van der Waals surface area contributed by atoms with Gasteiger partial charge in [0.2, 0.25) is 0 Å². The second-order valence-electron chi connectivity index (χ2n) is 7.45. The molecule has 2 aromatic rings. The Morgan fingerprint density at radius 2 is 1.48 bits per heavy atom. The molecule has 0 radical (unpaired) electrons. The van der Waals surface area contributed by atoms with Crippen LogP contribution in [-0.4, -0.2) is 31.1 Å². The highest BCUT2D eigenvalue weighted by atomic mass is 32.2. The molecule has 0 saturated carbocycles. The highest BCUT2D eigenvalue weighted by molar-refractivity contribution is 7.86. The van der Waals surface area contributed by atoms with Gasteiger partial charge < -0.3 is 14.4 Å². The van der Waals surface area contributed by atoms with E-state index in [0.717, 1.165) is 17.4 Å². The topological polar surface area (TPSA) is 75.7 Å². The number of rotatable bonds is 6. The lowest BCUT2D eigenvalue weighted by Crippen LogP contribution is -2.47. The Bertz CT molecular complexity index is 857. The third-order valence-corrected chi connectivity index (χ3v) is 4.02. The van der Waals surface area contributed by atoms with Crippen molar-refractivity contribution in [1.29, 1.82) is 0 Å². The summed E-state index contributed by atoms with van der Waals surface area (Å²) in [5.74, 6) is 0.245. The van der Waals surface area contributed by atoms with E-state index in [4.69, 9.17) is 4.18 Å². The summed E-state index contributed by atoms with van der Waals surface area (Å²) >= 11 is 0. The van der Waals surface area contributed by atoms with Crippen LogP contribution in [0.2, 0.25) is 0 Å². The average Bonchev–Trinajstić information content (AvgIpc) is 2.54. The minimum absolute atomic E-state index is 0.164. The van der Waals surface area contributed by atoms with Gasteiger partial charge in [-0.1, -0.05) is 42.5 Å². The summed E-state index contributed by atoms with van der Waals surface area (Å²) in [6, 6.07) is 16.3. The molecule has 27 heavy (non-hydrogen) atoms. The van der Waals surface area contributed by atoms with Crippen molar-refractivity contribution in [2.75, 3.05) is 6.26 Å². The van der Waals surface area contributed by atoms with Crippen LogP contribution in [0.5, 0.6) is 5.75 Å². The molecule has 1 N–H and O–H groups in total. The SMILES string of the molecule is CC(C)(C)NC(=O)N(Cc1ccccc1)Cc1ccc(OS(C)(=O)=O)cc1. The molecule has 6 nitrogen and oxygen atoms in total. The number of amides is 2. The third-order valence-electron chi connectivity index (χ3n) is 3.53. The van der Waals surface area contributed by atoms with Crippen molar-refractivity contribution in [1.82, 2.24) is 10.2 Å². The molecule has 2 aromatic carbocycles. The zero-order valence-electron chi connectivity index (χ0n) is 16.1. The van der Waals surface area contributed by atoms with Crippen LogP contribution in [0.4, 0.5) is 4.79 Å². The molecule has 0 aliphatic heterocycles. The first-order valence-corrected chi connectivity index (χ1v) is 10.4.